The lowest BCUT2D eigenvalue weighted by Gasteiger charge is -2.35. The van der Waals surface area contributed by atoms with Gasteiger partial charge in [-0.15, -0.1) is 0 Å². The van der Waals surface area contributed by atoms with Crippen molar-refractivity contribution in [1.29, 1.82) is 0 Å². The van der Waals surface area contributed by atoms with Gasteiger partial charge in [0.1, 0.15) is 18.5 Å². The van der Waals surface area contributed by atoms with Crippen molar-refractivity contribution in [1.82, 2.24) is 14.8 Å². The summed E-state index contributed by atoms with van der Waals surface area (Å²) in [6, 6.07) is 6.89. The van der Waals surface area contributed by atoms with Gasteiger partial charge in [0.15, 0.2) is 0 Å². The standard InChI is InChI=1S/C19H21N3O5/c1-12(23)21-6-8-22(9-7-21)19(25)27-13-10-15-14-2-5-18(24)20-16(14)3-4-17(15)26-11-13/h2-5,13H,6-11H2,1H3,(H,20,24). The first-order valence-corrected chi connectivity index (χ1v) is 9.00. The molecule has 8 nitrogen and oxygen atoms in total. The van der Waals surface area contributed by atoms with Crippen LogP contribution in [0.3, 0.4) is 0 Å². The molecule has 2 amide bonds. The molecule has 2 aromatic rings. The van der Waals surface area contributed by atoms with Crippen LogP contribution in [-0.2, 0) is 16.0 Å². The number of hydrogen-bond donors (Lipinski definition) is 1. The molecule has 1 fully saturated rings. The minimum absolute atomic E-state index is 0.0187. The number of nitrogens with zero attached hydrogens (tertiary/aromatic N) is 2. The number of aromatic amines is 1. The Labute approximate surface area is 155 Å². The molecule has 0 bridgehead atoms. The first kappa shape index (κ1) is 17.4. The van der Waals surface area contributed by atoms with Gasteiger partial charge in [-0.05, 0) is 18.2 Å². The molecule has 1 aromatic carbocycles. The normalized spacial score (nSPS) is 19.4. The van der Waals surface area contributed by atoms with Crippen molar-refractivity contribution in [2.24, 2.45) is 0 Å². The number of piperazine rings is 1. The quantitative estimate of drug-likeness (QED) is 0.811. The third-order valence-electron chi connectivity index (χ3n) is 5.08. The van der Waals surface area contributed by atoms with Gasteiger partial charge in [0.05, 0.1) is 0 Å². The van der Waals surface area contributed by atoms with E-state index < -0.39 is 6.10 Å². The molecular weight excluding hydrogens is 350 g/mol. The molecule has 1 N–H and O–H groups in total. The van der Waals surface area contributed by atoms with Gasteiger partial charge in [0.2, 0.25) is 11.5 Å². The summed E-state index contributed by atoms with van der Waals surface area (Å²) < 4.78 is 11.4. The summed E-state index contributed by atoms with van der Waals surface area (Å²) in [4.78, 5) is 41.5. The summed E-state index contributed by atoms with van der Waals surface area (Å²) in [7, 11) is 0. The highest BCUT2D eigenvalue weighted by molar-refractivity contribution is 5.84. The van der Waals surface area contributed by atoms with E-state index in [9.17, 15) is 14.4 Å². The fraction of sp³-hybridized carbons (Fsp3) is 0.421. The number of fused-ring (bicyclic) bond motifs is 3. The van der Waals surface area contributed by atoms with Crippen molar-refractivity contribution in [3.8, 4) is 5.75 Å². The monoisotopic (exact) mass is 371 g/mol. The van der Waals surface area contributed by atoms with Crippen LogP contribution in [0.1, 0.15) is 12.5 Å². The molecule has 1 aromatic heterocycles. The van der Waals surface area contributed by atoms with Crippen LogP contribution in [0.5, 0.6) is 5.75 Å². The number of amides is 2. The van der Waals surface area contributed by atoms with Crippen molar-refractivity contribution in [2.75, 3.05) is 32.8 Å². The molecule has 1 saturated heterocycles. The molecule has 4 rings (SSSR count). The zero-order chi connectivity index (χ0) is 19.0. The number of aromatic nitrogens is 1. The molecule has 2 aliphatic rings. The molecule has 0 saturated carbocycles. The SMILES string of the molecule is CC(=O)N1CCN(C(=O)OC2COc3ccc4[nH]c(=O)ccc4c3C2)CC1. The van der Waals surface area contributed by atoms with Crippen LogP contribution < -0.4 is 10.3 Å². The Hall–Kier alpha value is -3.03. The highest BCUT2D eigenvalue weighted by Crippen LogP contribution is 2.31. The number of hydrogen-bond acceptors (Lipinski definition) is 5. The van der Waals surface area contributed by atoms with E-state index >= 15 is 0 Å². The Balaban J connectivity index is 1.45. The van der Waals surface area contributed by atoms with E-state index in [1.54, 1.807) is 15.9 Å². The Morgan fingerprint density at radius 1 is 1.11 bits per heavy atom. The maximum absolute atomic E-state index is 12.5. The maximum Gasteiger partial charge on any atom is 0.410 e. The minimum Gasteiger partial charge on any atom is -0.489 e. The Morgan fingerprint density at radius 2 is 1.85 bits per heavy atom. The second-order valence-corrected chi connectivity index (χ2v) is 6.84. The fourth-order valence-electron chi connectivity index (χ4n) is 3.59. The van der Waals surface area contributed by atoms with Crippen molar-refractivity contribution < 1.29 is 19.1 Å². The van der Waals surface area contributed by atoms with Crippen LogP contribution >= 0.6 is 0 Å². The molecule has 0 spiro atoms. The predicted molar refractivity (Wildman–Crippen MR) is 97.9 cm³/mol. The van der Waals surface area contributed by atoms with Gasteiger partial charge in [-0.3, -0.25) is 9.59 Å². The van der Waals surface area contributed by atoms with Gasteiger partial charge in [-0.2, -0.15) is 0 Å². The van der Waals surface area contributed by atoms with Crippen LogP contribution in [-0.4, -0.2) is 65.7 Å². The lowest BCUT2D eigenvalue weighted by molar-refractivity contribution is -0.130. The molecule has 8 heteroatoms. The number of carbonyl (C=O) groups is 2. The Bertz CT molecular complexity index is 946. The summed E-state index contributed by atoms with van der Waals surface area (Å²) in [6.45, 7) is 3.79. The lowest BCUT2D eigenvalue weighted by atomic mass is 9.99. The predicted octanol–water partition coefficient (Wildman–Crippen LogP) is 1.13. The van der Waals surface area contributed by atoms with E-state index in [-0.39, 0.29) is 17.6 Å². The maximum atomic E-state index is 12.5. The Morgan fingerprint density at radius 3 is 2.59 bits per heavy atom. The van der Waals surface area contributed by atoms with Gasteiger partial charge in [-0.25, -0.2) is 4.79 Å². The van der Waals surface area contributed by atoms with E-state index in [0.717, 1.165) is 22.2 Å². The van der Waals surface area contributed by atoms with E-state index in [2.05, 4.69) is 4.98 Å². The number of benzene rings is 1. The smallest absolute Gasteiger partial charge is 0.410 e. The zero-order valence-corrected chi connectivity index (χ0v) is 15.1. The summed E-state index contributed by atoms with van der Waals surface area (Å²) in [6.07, 6.45) is -0.255. The topological polar surface area (TPSA) is 91.9 Å². The number of ether oxygens (including phenoxy) is 2. The first-order chi connectivity index (χ1) is 13.0. The highest BCUT2D eigenvalue weighted by atomic mass is 16.6. The second-order valence-electron chi connectivity index (χ2n) is 6.84. The van der Waals surface area contributed by atoms with Gasteiger partial charge in [-0.1, -0.05) is 0 Å². The first-order valence-electron chi connectivity index (χ1n) is 9.00. The van der Waals surface area contributed by atoms with Gasteiger partial charge in [0, 0.05) is 62.1 Å². The molecule has 1 atom stereocenters. The molecule has 0 aliphatic carbocycles. The van der Waals surface area contributed by atoms with Crippen molar-refractivity contribution in [2.45, 2.75) is 19.4 Å². The summed E-state index contributed by atoms with van der Waals surface area (Å²) in [5.74, 6) is 0.766. The van der Waals surface area contributed by atoms with Crippen molar-refractivity contribution >= 4 is 22.9 Å². The van der Waals surface area contributed by atoms with Crippen LogP contribution in [0.25, 0.3) is 10.9 Å². The highest BCUT2D eigenvalue weighted by Gasteiger charge is 2.29. The summed E-state index contributed by atoms with van der Waals surface area (Å²) >= 11 is 0. The van der Waals surface area contributed by atoms with E-state index in [1.165, 1.54) is 13.0 Å². The van der Waals surface area contributed by atoms with E-state index in [0.29, 0.717) is 39.2 Å². The molecule has 27 heavy (non-hydrogen) atoms. The number of carbonyl (C=O) groups excluding carboxylic acids is 2. The van der Waals surface area contributed by atoms with Crippen LogP contribution in [0.2, 0.25) is 0 Å². The van der Waals surface area contributed by atoms with Gasteiger partial charge >= 0.3 is 6.09 Å². The molecular formula is C19H21N3O5. The lowest BCUT2D eigenvalue weighted by Crippen LogP contribution is -2.51. The summed E-state index contributed by atoms with van der Waals surface area (Å²) in [5.41, 5.74) is 1.50. The molecule has 1 unspecified atom stereocenters. The number of rotatable bonds is 1. The van der Waals surface area contributed by atoms with Crippen molar-refractivity contribution in [3.63, 3.8) is 0 Å². The summed E-state index contributed by atoms with van der Waals surface area (Å²) in [5, 5.41) is 0.892. The third kappa shape index (κ3) is 3.47. The van der Waals surface area contributed by atoms with Crippen LogP contribution in [0, 0.1) is 0 Å². The number of nitrogens with one attached hydrogen (secondary N) is 1. The third-order valence-corrected chi connectivity index (χ3v) is 5.08. The van der Waals surface area contributed by atoms with Crippen LogP contribution in [0.4, 0.5) is 4.79 Å². The molecule has 2 aliphatic heterocycles. The van der Waals surface area contributed by atoms with Gasteiger partial charge in [0.25, 0.3) is 0 Å². The number of pyridine rings is 1. The van der Waals surface area contributed by atoms with E-state index in [1.807, 2.05) is 12.1 Å². The van der Waals surface area contributed by atoms with Gasteiger partial charge < -0.3 is 24.3 Å². The van der Waals surface area contributed by atoms with E-state index in [4.69, 9.17) is 9.47 Å². The molecule has 3 heterocycles. The second kappa shape index (κ2) is 6.94. The molecule has 142 valence electrons. The zero-order valence-electron chi connectivity index (χ0n) is 15.1. The average Bonchev–Trinajstić information content (AvgIpc) is 2.67. The Kier molecular flexibility index (Phi) is 4.47. The molecule has 0 radical (unpaired) electrons. The minimum atomic E-state index is -0.395. The average molecular weight is 371 g/mol. The number of H-pyrrole nitrogens is 1. The largest absolute Gasteiger partial charge is 0.489 e. The van der Waals surface area contributed by atoms with Crippen LogP contribution in [0.15, 0.2) is 29.1 Å². The van der Waals surface area contributed by atoms with Crippen molar-refractivity contribution in [3.05, 3.63) is 40.2 Å². The fourth-order valence-corrected chi connectivity index (χ4v) is 3.59.